The molecular weight excluding hydrogens is 256 g/mol. The van der Waals surface area contributed by atoms with E-state index in [1.54, 1.807) is 12.1 Å². The SMILES string of the molecule is CC1(C(=O)c2ccc(Br)o2)CCCCC1. The van der Waals surface area contributed by atoms with E-state index in [9.17, 15) is 4.79 Å². The maximum Gasteiger partial charge on any atom is 0.203 e. The summed E-state index contributed by atoms with van der Waals surface area (Å²) in [5.41, 5.74) is -0.199. The average Bonchev–Trinajstić information content (AvgIpc) is 2.65. The van der Waals surface area contributed by atoms with E-state index in [0.29, 0.717) is 10.4 Å². The fraction of sp³-hybridized carbons (Fsp3) is 0.583. The van der Waals surface area contributed by atoms with E-state index in [2.05, 4.69) is 22.9 Å². The Kier molecular flexibility index (Phi) is 3.01. The van der Waals surface area contributed by atoms with Crippen molar-refractivity contribution < 1.29 is 9.21 Å². The number of carbonyl (C=O) groups is 1. The van der Waals surface area contributed by atoms with Crippen molar-refractivity contribution in [3.05, 3.63) is 22.6 Å². The van der Waals surface area contributed by atoms with Crippen molar-refractivity contribution >= 4 is 21.7 Å². The van der Waals surface area contributed by atoms with Crippen molar-refractivity contribution in [2.75, 3.05) is 0 Å². The molecule has 82 valence electrons. The van der Waals surface area contributed by atoms with Gasteiger partial charge in [-0.2, -0.15) is 0 Å². The topological polar surface area (TPSA) is 30.2 Å². The highest BCUT2D eigenvalue weighted by Crippen LogP contribution is 2.39. The van der Waals surface area contributed by atoms with Gasteiger partial charge in [0.05, 0.1) is 0 Å². The average molecular weight is 271 g/mol. The molecule has 0 amide bonds. The van der Waals surface area contributed by atoms with Crippen molar-refractivity contribution in [3.8, 4) is 0 Å². The largest absolute Gasteiger partial charge is 0.446 e. The number of carbonyl (C=O) groups excluding carboxylic acids is 1. The Morgan fingerprint density at radius 3 is 2.53 bits per heavy atom. The maximum atomic E-state index is 12.2. The Labute approximate surface area is 98.2 Å². The number of ketones is 1. The first kappa shape index (κ1) is 10.9. The first-order valence-electron chi connectivity index (χ1n) is 5.42. The summed E-state index contributed by atoms with van der Waals surface area (Å²) < 4.78 is 5.96. The van der Waals surface area contributed by atoms with Crippen LogP contribution < -0.4 is 0 Å². The van der Waals surface area contributed by atoms with Crippen LogP contribution in [-0.4, -0.2) is 5.78 Å². The second kappa shape index (κ2) is 4.12. The van der Waals surface area contributed by atoms with E-state index < -0.39 is 0 Å². The van der Waals surface area contributed by atoms with E-state index in [4.69, 9.17) is 4.42 Å². The molecule has 0 bridgehead atoms. The van der Waals surface area contributed by atoms with Crippen molar-refractivity contribution in [1.82, 2.24) is 0 Å². The molecule has 1 aromatic rings. The van der Waals surface area contributed by atoms with Crippen LogP contribution >= 0.6 is 15.9 Å². The van der Waals surface area contributed by atoms with Crippen molar-refractivity contribution in [1.29, 1.82) is 0 Å². The first-order chi connectivity index (χ1) is 7.12. The van der Waals surface area contributed by atoms with Gasteiger partial charge in [0.15, 0.2) is 10.4 Å². The van der Waals surface area contributed by atoms with Gasteiger partial charge >= 0.3 is 0 Å². The molecule has 15 heavy (non-hydrogen) atoms. The minimum Gasteiger partial charge on any atom is -0.446 e. The Bertz CT molecular complexity index is 361. The molecular formula is C12H15BrO2. The predicted octanol–water partition coefficient (Wildman–Crippen LogP) is 4.20. The fourth-order valence-corrected chi connectivity index (χ4v) is 2.60. The molecule has 0 aromatic carbocycles. The summed E-state index contributed by atoms with van der Waals surface area (Å²) in [4.78, 5) is 12.2. The molecule has 1 saturated carbocycles. The molecule has 0 spiro atoms. The van der Waals surface area contributed by atoms with Crippen LogP contribution in [0.3, 0.4) is 0 Å². The minimum atomic E-state index is -0.199. The summed E-state index contributed by atoms with van der Waals surface area (Å²) >= 11 is 3.22. The first-order valence-corrected chi connectivity index (χ1v) is 6.21. The van der Waals surface area contributed by atoms with Gasteiger partial charge in [-0.1, -0.05) is 26.2 Å². The van der Waals surface area contributed by atoms with Gasteiger partial charge in [-0.25, -0.2) is 0 Å². The molecule has 0 radical (unpaired) electrons. The highest BCUT2D eigenvalue weighted by Gasteiger charge is 2.36. The second-order valence-corrected chi connectivity index (χ2v) is 5.34. The third-order valence-corrected chi connectivity index (χ3v) is 3.73. The third kappa shape index (κ3) is 2.17. The zero-order chi connectivity index (χ0) is 10.9. The lowest BCUT2D eigenvalue weighted by molar-refractivity contribution is 0.0717. The van der Waals surface area contributed by atoms with Crippen LogP contribution in [0.15, 0.2) is 21.2 Å². The number of Topliss-reactive ketones (excluding diaryl/α,β-unsaturated/α-hetero) is 1. The summed E-state index contributed by atoms with van der Waals surface area (Å²) in [6, 6.07) is 3.53. The van der Waals surface area contributed by atoms with Gasteiger partial charge in [-0.15, -0.1) is 0 Å². The molecule has 1 fully saturated rings. The van der Waals surface area contributed by atoms with Crippen LogP contribution in [0.4, 0.5) is 0 Å². The molecule has 0 N–H and O–H groups in total. The maximum absolute atomic E-state index is 12.2. The van der Waals surface area contributed by atoms with Gasteiger partial charge in [0.25, 0.3) is 0 Å². The molecule has 0 saturated heterocycles. The van der Waals surface area contributed by atoms with E-state index in [0.717, 1.165) is 25.7 Å². The predicted molar refractivity (Wildman–Crippen MR) is 61.9 cm³/mol. The molecule has 1 aliphatic rings. The van der Waals surface area contributed by atoms with Crippen molar-refractivity contribution in [3.63, 3.8) is 0 Å². The molecule has 2 rings (SSSR count). The minimum absolute atomic E-state index is 0.160. The lowest BCUT2D eigenvalue weighted by Gasteiger charge is -2.30. The Balaban J connectivity index is 2.19. The third-order valence-electron chi connectivity index (χ3n) is 3.30. The summed E-state index contributed by atoms with van der Waals surface area (Å²) in [7, 11) is 0. The monoisotopic (exact) mass is 270 g/mol. The number of hydrogen-bond donors (Lipinski definition) is 0. The Morgan fingerprint density at radius 1 is 1.33 bits per heavy atom. The van der Waals surface area contributed by atoms with Gasteiger partial charge in [-0.05, 0) is 40.9 Å². The van der Waals surface area contributed by atoms with E-state index in [1.807, 2.05) is 0 Å². The molecule has 2 nitrogen and oxygen atoms in total. The summed E-state index contributed by atoms with van der Waals surface area (Å²) in [6.45, 7) is 2.06. The molecule has 1 aromatic heterocycles. The highest BCUT2D eigenvalue weighted by molar-refractivity contribution is 9.10. The zero-order valence-electron chi connectivity index (χ0n) is 8.88. The van der Waals surface area contributed by atoms with Gasteiger partial charge < -0.3 is 4.42 Å². The second-order valence-electron chi connectivity index (χ2n) is 4.55. The van der Waals surface area contributed by atoms with Crippen LogP contribution in [0.5, 0.6) is 0 Å². The number of halogens is 1. The molecule has 1 heterocycles. The number of rotatable bonds is 2. The van der Waals surface area contributed by atoms with Crippen molar-refractivity contribution in [2.45, 2.75) is 39.0 Å². The van der Waals surface area contributed by atoms with Gasteiger partial charge in [0.1, 0.15) is 0 Å². The summed E-state index contributed by atoms with van der Waals surface area (Å²) in [5, 5.41) is 0. The number of hydrogen-bond acceptors (Lipinski definition) is 2. The van der Waals surface area contributed by atoms with E-state index in [-0.39, 0.29) is 11.2 Å². The van der Waals surface area contributed by atoms with E-state index >= 15 is 0 Å². The lowest BCUT2D eigenvalue weighted by Crippen LogP contribution is -2.29. The Hall–Kier alpha value is -0.570. The quantitative estimate of drug-likeness (QED) is 0.755. The molecule has 3 heteroatoms. The molecule has 0 atom stereocenters. The molecule has 1 aliphatic carbocycles. The van der Waals surface area contributed by atoms with Crippen LogP contribution in [-0.2, 0) is 0 Å². The number of furan rings is 1. The highest BCUT2D eigenvalue weighted by atomic mass is 79.9. The van der Waals surface area contributed by atoms with Crippen LogP contribution in [0, 0.1) is 5.41 Å². The van der Waals surface area contributed by atoms with Crippen LogP contribution in [0.1, 0.15) is 49.6 Å². The Morgan fingerprint density at radius 2 is 2.00 bits per heavy atom. The van der Waals surface area contributed by atoms with Crippen LogP contribution in [0.2, 0.25) is 0 Å². The van der Waals surface area contributed by atoms with E-state index in [1.165, 1.54) is 6.42 Å². The lowest BCUT2D eigenvalue weighted by atomic mass is 9.72. The zero-order valence-corrected chi connectivity index (χ0v) is 10.5. The normalized spacial score (nSPS) is 20.1. The fourth-order valence-electron chi connectivity index (χ4n) is 2.29. The summed E-state index contributed by atoms with van der Waals surface area (Å²) in [5.74, 6) is 0.652. The van der Waals surface area contributed by atoms with Crippen molar-refractivity contribution in [2.24, 2.45) is 5.41 Å². The standard InChI is InChI=1S/C12H15BrO2/c1-12(7-3-2-4-8-12)11(14)9-5-6-10(13)15-9/h5-6H,2-4,7-8H2,1H3. The molecule has 0 aliphatic heterocycles. The smallest absolute Gasteiger partial charge is 0.203 e. The summed E-state index contributed by atoms with van der Waals surface area (Å²) in [6.07, 6.45) is 5.55. The van der Waals surface area contributed by atoms with Gasteiger partial charge in [0.2, 0.25) is 5.78 Å². The van der Waals surface area contributed by atoms with Gasteiger partial charge in [0, 0.05) is 5.41 Å². The van der Waals surface area contributed by atoms with Gasteiger partial charge in [-0.3, -0.25) is 4.79 Å². The van der Waals surface area contributed by atoms with Crippen LogP contribution in [0.25, 0.3) is 0 Å². The molecule has 0 unspecified atom stereocenters.